The number of ether oxygens (including phenoxy) is 1. The zero-order valence-corrected chi connectivity index (χ0v) is 15.5. The number of hydrogen-bond donors (Lipinski definition) is 2. The van der Waals surface area contributed by atoms with Gasteiger partial charge in [-0.2, -0.15) is 26.3 Å². The Bertz CT molecular complexity index is 563. The van der Waals surface area contributed by atoms with Crippen molar-refractivity contribution in [3.8, 4) is 0 Å². The van der Waals surface area contributed by atoms with E-state index in [1.807, 2.05) is 0 Å². The van der Waals surface area contributed by atoms with Gasteiger partial charge in [0.1, 0.15) is 0 Å². The third kappa shape index (κ3) is 12.0. The summed E-state index contributed by atoms with van der Waals surface area (Å²) in [6.07, 6.45) is -15.5. The number of nitrogens with zero attached hydrogens (tertiary/aromatic N) is 1. The molecule has 0 atom stereocenters. The Morgan fingerprint density at radius 2 is 1.63 bits per heavy atom. The second kappa shape index (κ2) is 9.89. The van der Waals surface area contributed by atoms with Crippen molar-refractivity contribution in [1.29, 1.82) is 0 Å². The molecule has 0 fully saturated rings. The molecule has 0 unspecified atom stereocenters. The van der Waals surface area contributed by atoms with E-state index in [0.29, 0.717) is 13.0 Å². The largest absolute Gasteiger partial charge is 0.477 e. The fourth-order valence-corrected chi connectivity index (χ4v) is 3.17. The van der Waals surface area contributed by atoms with Crippen LogP contribution in [-0.4, -0.2) is 88.5 Å². The van der Waals surface area contributed by atoms with E-state index in [-0.39, 0.29) is 17.6 Å². The number of carboxylic acid groups (broad SMARTS) is 1. The van der Waals surface area contributed by atoms with Crippen molar-refractivity contribution < 1.29 is 53.9 Å². The molecule has 0 rings (SSSR count). The zero-order chi connectivity index (χ0) is 21.5. The quantitative estimate of drug-likeness (QED) is 0.276. The summed E-state index contributed by atoms with van der Waals surface area (Å²) >= 11 is 0. The number of likely N-dealkylation sites (N-methyl/N-ethyl adjacent to an activating group) is 1. The number of carbonyl (C=O) groups is 1. The summed E-state index contributed by atoms with van der Waals surface area (Å²) in [4.78, 5) is 10.6. The monoisotopic (exact) mass is 433 g/mol. The lowest BCUT2D eigenvalue weighted by Gasteiger charge is -2.27. The third-order valence-electron chi connectivity index (χ3n) is 3.26. The summed E-state index contributed by atoms with van der Waals surface area (Å²) < 4.78 is 103. The molecule has 7 nitrogen and oxygen atoms in total. The standard InChI is InChI=1S/C13H22F6N2O5S/c1-21(2,9-10(22)23)6-3-5-20-27(24,25)8-4-7-26-11(12(14,15)16)13(17,18)19/h11,20H,3-9H2,1-2H3/p+1. The molecule has 0 aromatic rings. The molecule has 0 aromatic carbocycles. The van der Waals surface area contributed by atoms with Gasteiger partial charge in [-0.25, -0.2) is 17.9 Å². The summed E-state index contributed by atoms with van der Waals surface area (Å²) in [5.41, 5.74) is 0. The summed E-state index contributed by atoms with van der Waals surface area (Å²) in [7, 11) is -0.634. The average Bonchev–Trinajstić information content (AvgIpc) is 2.39. The Kier molecular flexibility index (Phi) is 9.48. The number of halogens is 6. The van der Waals surface area contributed by atoms with Crippen LogP contribution in [0.3, 0.4) is 0 Å². The highest BCUT2D eigenvalue weighted by Gasteiger charge is 2.57. The van der Waals surface area contributed by atoms with Crippen molar-refractivity contribution in [2.24, 2.45) is 0 Å². The molecule has 14 heteroatoms. The average molecular weight is 433 g/mol. The van der Waals surface area contributed by atoms with Gasteiger partial charge in [0.2, 0.25) is 16.1 Å². The fourth-order valence-electron chi connectivity index (χ4n) is 2.08. The Balaban J connectivity index is 4.26. The van der Waals surface area contributed by atoms with Crippen LogP contribution in [0.5, 0.6) is 0 Å². The van der Waals surface area contributed by atoms with Crippen LogP contribution in [0.25, 0.3) is 0 Å². The first-order valence-corrected chi connectivity index (χ1v) is 9.38. The van der Waals surface area contributed by atoms with E-state index in [1.165, 1.54) is 0 Å². The van der Waals surface area contributed by atoms with Crippen molar-refractivity contribution in [3.63, 3.8) is 0 Å². The number of nitrogens with one attached hydrogen (secondary N) is 1. The highest BCUT2D eigenvalue weighted by Crippen LogP contribution is 2.35. The molecule has 0 amide bonds. The van der Waals surface area contributed by atoms with Crippen LogP contribution in [-0.2, 0) is 19.6 Å². The van der Waals surface area contributed by atoms with Gasteiger partial charge in [0, 0.05) is 19.6 Å². The molecule has 0 saturated heterocycles. The Labute approximate surface area is 152 Å². The molecule has 0 heterocycles. The van der Waals surface area contributed by atoms with Crippen molar-refractivity contribution >= 4 is 16.0 Å². The van der Waals surface area contributed by atoms with Gasteiger partial charge in [-0.3, -0.25) is 0 Å². The van der Waals surface area contributed by atoms with Crippen molar-refractivity contribution in [2.75, 3.05) is 46.1 Å². The van der Waals surface area contributed by atoms with E-state index in [1.54, 1.807) is 14.1 Å². The van der Waals surface area contributed by atoms with Crippen LogP contribution >= 0.6 is 0 Å². The molecule has 0 aromatic heterocycles. The number of rotatable bonds is 12. The Hall–Kier alpha value is -1.12. The molecule has 0 bridgehead atoms. The highest BCUT2D eigenvalue weighted by molar-refractivity contribution is 7.89. The first kappa shape index (κ1) is 25.9. The number of carboxylic acids is 1. The fraction of sp³-hybridized carbons (Fsp3) is 0.923. The van der Waals surface area contributed by atoms with Gasteiger partial charge >= 0.3 is 18.3 Å². The van der Waals surface area contributed by atoms with E-state index >= 15 is 0 Å². The van der Waals surface area contributed by atoms with Gasteiger partial charge < -0.3 is 14.3 Å². The summed E-state index contributed by atoms with van der Waals surface area (Å²) in [6.45, 7) is -0.897. The maximum absolute atomic E-state index is 12.2. The molecule has 0 aliphatic carbocycles. The summed E-state index contributed by atoms with van der Waals surface area (Å²) in [5, 5.41) is 8.72. The lowest BCUT2D eigenvalue weighted by atomic mass is 10.3. The van der Waals surface area contributed by atoms with Crippen LogP contribution in [0.1, 0.15) is 12.8 Å². The second-order valence-electron chi connectivity index (χ2n) is 6.47. The van der Waals surface area contributed by atoms with E-state index in [4.69, 9.17) is 5.11 Å². The number of hydrogen-bond acceptors (Lipinski definition) is 4. The lowest BCUT2D eigenvalue weighted by Crippen LogP contribution is -2.45. The summed E-state index contributed by atoms with van der Waals surface area (Å²) in [6, 6.07) is 0. The number of sulfonamides is 1. The Morgan fingerprint density at radius 1 is 1.11 bits per heavy atom. The molecule has 2 N–H and O–H groups in total. The molecule has 27 heavy (non-hydrogen) atoms. The van der Waals surface area contributed by atoms with E-state index in [2.05, 4.69) is 9.46 Å². The SMILES string of the molecule is C[N+](C)(CCCNS(=O)(=O)CCCOC(C(F)(F)F)C(F)(F)F)CC(=O)O. The first-order chi connectivity index (χ1) is 12.0. The lowest BCUT2D eigenvalue weighted by molar-refractivity contribution is -0.883. The predicted octanol–water partition coefficient (Wildman–Crippen LogP) is 1.36. The van der Waals surface area contributed by atoms with Gasteiger partial charge in [0.15, 0.2) is 6.54 Å². The first-order valence-electron chi connectivity index (χ1n) is 7.72. The van der Waals surface area contributed by atoms with Gasteiger partial charge in [-0.15, -0.1) is 0 Å². The maximum Gasteiger partial charge on any atom is 0.423 e. The van der Waals surface area contributed by atoms with Crippen LogP contribution in [0.15, 0.2) is 0 Å². The molecule has 0 saturated carbocycles. The van der Waals surface area contributed by atoms with Crippen LogP contribution in [0, 0.1) is 0 Å². The normalized spacial score (nSPS) is 14.0. The number of alkyl halides is 6. The molecule has 0 spiro atoms. The van der Waals surface area contributed by atoms with Crippen molar-refractivity contribution in [3.05, 3.63) is 0 Å². The third-order valence-corrected chi connectivity index (χ3v) is 4.73. The topological polar surface area (TPSA) is 92.7 Å². The van der Waals surface area contributed by atoms with Gasteiger partial charge in [0.05, 0.1) is 26.4 Å². The van der Waals surface area contributed by atoms with Gasteiger partial charge in [-0.1, -0.05) is 0 Å². The minimum Gasteiger partial charge on any atom is -0.477 e. The molecule has 0 radical (unpaired) electrons. The molecule has 162 valence electrons. The zero-order valence-electron chi connectivity index (χ0n) is 14.7. The van der Waals surface area contributed by atoms with Crippen molar-refractivity contribution in [1.82, 2.24) is 4.72 Å². The van der Waals surface area contributed by atoms with Crippen molar-refractivity contribution in [2.45, 2.75) is 31.3 Å². The smallest absolute Gasteiger partial charge is 0.423 e. The van der Waals surface area contributed by atoms with E-state index < -0.39 is 53.2 Å². The summed E-state index contributed by atoms with van der Waals surface area (Å²) in [5.74, 6) is -1.72. The number of quaternary nitrogens is 1. The van der Waals surface area contributed by atoms with E-state index in [0.717, 1.165) is 0 Å². The molecular weight excluding hydrogens is 410 g/mol. The minimum atomic E-state index is -5.64. The highest BCUT2D eigenvalue weighted by atomic mass is 32.2. The maximum atomic E-state index is 12.2. The van der Waals surface area contributed by atoms with Crippen LogP contribution in [0.4, 0.5) is 26.3 Å². The molecule has 0 aliphatic heterocycles. The van der Waals surface area contributed by atoms with Crippen LogP contribution in [0.2, 0.25) is 0 Å². The van der Waals surface area contributed by atoms with E-state index in [9.17, 15) is 39.6 Å². The Morgan fingerprint density at radius 3 is 2.07 bits per heavy atom. The number of aliphatic carboxylic acids is 1. The molecular formula is C13H23F6N2O5S+. The second-order valence-corrected chi connectivity index (χ2v) is 8.39. The molecule has 0 aliphatic rings. The predicted molar refractivity (Wildman–Crippen MR) is 82.4 cm³/mol. The van der Waals surface area contributed by atoms with Gasteiger partial charge in [-0.05, 0) is 6.42 Å². The van der Waals surface area contributed by atoms with Crippen LogP contribution < -0.4 is 4.72 Å². The van der Waals surface area contributed by atoms with Gasteiger partial charge in [0.25, 0.3) is 0 Å². The minimum absolute atomic E-state index is 0.0434.